The lowest BCUT2D eigenvalue weighted by atomic mass is 9.87. The van der Waals surface area contributed by atoms with Crippen LogP contribution in [0.1, 0.15) is 39.7 Å². The first-order chi connectivity index (χ1) is 11.5. The molecule has 148 valence electrons. The number of carbonyl (C=O) groups is 1. The van der Waals surface area contributed by atoms with Crippen molar-refractivity contribution in [2.45, 2.75) is 50.5 Å². The minimum atomic E-state index is -3.53. The summed E-state index contributed by atoms with van der Waals surface area (Å²) in [7, 11) is -3.53. The Labute approximate surface area is 163 Å². The fraction of sp³-hybridized carbons (Fsp3) is 0.611. The Morgan fingerprint density at radius 3 is 2.04 bits per heavy atom. The molecule has 1 aromatic rings. The van der Waals surface area contributed by atoms with Gasteiger partial charge in [0.25, 0.3) is 0 Å². The van der Waals surface area contributed by atoms with Gasteiger partial charge in [-0.3, -0.25) is 4.79 Å². The third-order valence-corrected chi connectivity index (χ3v) is 6.36. The molecule has 1 unspecified atom stereocenters. The predicted molar refractivity (Wildman–Crippen MR) is 106 cm³/mol. The lowest BCUT2D eigenvalue weighted by Crippen LogP contribution is -2.51. The van der Waals surface area contributed by atoms with Crippen molar-refractivity contribution >= 4 is 28.3 Å². The van der Waals surface area contributed by atoms with Gasteiger partial charge < -0.3 is 10.6 Å². The van der Waals surface area contributed by atoms with Crippen LogP contribution < -0.4 is 5.73 Å². The van der Waals surface area contributed by atoms with E-state index in [1.54, 1.807) is 24.0 Å². The van der Waals surface area contributed by atoms with Gasteiger partial charge in [0.2, 0.25) is 15.9 Å². The first-order valence-electron chi connectivity index (χ1n) is 8.66. The van der Waals surface area contributed by atoms with E-state index in [4.69, 9.17) is 5.73 Å². The summed E-state index contributed by atoms with van der Waals surface area (Å²) in [6.07, 6.45) is 0.293. The molecule has 0 aromatic heterocycles. The minimum absolute atomic E-state index is 0. The van der Waals surface area contributed by atoms with E-state index in [2.05, 4.69) is 20.8 Å². The summed E-state index contributed by atoms with van der Waals surface area (Å²) < 4.78 is 27.1. The zero-order valence-electron chi connectivity index (χ0n) is 15.9. The predicted octanol–water partition coefficient (Wildman–Crippen LogP) is 1.98. The molecule has 1 heterocycles. The molecule has 0 spiro atoms. The van der Waals surface area contributed by atoms with Gasteiger partial charge in [-0.05, 0) is 30.0 Å². The summed E-state index contributed by atoms with van der Waals surface area (Å²) in [5.41, 5.74) is 6.74. The van der Waals surface area contributed by atoms with Crippen molar-refractivity contribution in [1.29, 1.82) is 0 Å². The maximum atomic E-state index is 12.8. The Kier molecular flexibility index (Phi) is 7.65. The molecule has 0 bridgehead atoms. The Balaban J connectivity index is 0.00000338. The Morgan fingerprint density at radius 1 is 1.12 bits per heavy atom. The molecule has 1 atom stereocenters. The molecule has 8 heteroatoms. The summed E-state index contributed by atoms with van der Waals surface area (Å²) in [6, 6.07) is 6.90. The van der Waals surface area contributed by atoms with Crippen LogP contribution in [0.2, 0.25) is 0 Å². The van der Waals surface area contributed by atoms with Crippen molar-refractivity contribution < 1.29 is 13.2 Å². The molecule has 1 aliphatic rings. The second-order valence-corrected chi connectivity index (χ2v) is 9.68. The van der Waals surface area contributed by atoms with Crippen LogP contribution in [0.15, 0.2) is 29.2 Å². The first-order valence-corrected chi connectivity index (χ1v) is 10.1. The number of carbonyl (C=O) groups excluding carboxylic acids is 1. The fourth-order valence-corrected chi connectivity index (χ4v) is 4.28. The van der Waals surface area contributed by atoms with Crippen molar-refractivity contribution in [3.8, 4) is 0 Å². The molecule has 6 nitrogen and oxygen atoms in total. The van der Waals surface area contributed by atoms with Gasteiger partial charge in [-0.2, -0.15) is 4.31 Å². The summed E-state index contributed by atoms with van der Waals surface area (Å²) in [5.74, 6) is -0.0124. The lowest BCUT2D eigenvalue weighted by molar-refractivity contribution is -0.132. The molecular formula is C18H30ClN3O3S. The van der Waals surface area contributed by atoms with Crippen molar-refractivity contribution in [3.05, 3.63) is 29.8 Å². The zero-order chi connectivity index (χ0) is 18.8. The molecule has 2 N–H and O–H groups in total. The molecule has 0 radical (unpaired) electrons. The van der Waals surface area contributed by atoms with Gasteiger partial charge in [0.15, 0.2) is 0 Å². The van der Waals surface area contributed by atoms with Crippen molar-refractivity contribution in [2.24, 2.45) is 5.73 Å². The standard InChI is InChI=1S/C18H29N3O3S.ClH/c1-14(19)13-17(22)20-9-11-21(12-10-20)25(23,24)16-7-5-15(6-8-16)18(2,3)4;/h5-8,14H,9-13,19H2,1-4H3;1H. The molecule has 1 amide bonds. The number of halogens is 1. The number of piperazine rings is 1. The highest BCUT2D eigenvalue weighted by molar-refractivity contribution is 7.89. The Hall–Kier alpha value is -1.15. The highest BCUT2D eigenvalue weighted by Gasteiger charge is 2.30. The van der Waals surface area contributed by atoms with E-state index in [-0.39, 0.29) is 29.8 Å². The molecule has 0 aliphatic carbocycles. The Bertz CT molecular complexity index is 704. The second kappa shape index (κ2) is 8.69. The molecule has 1 fully saturated rings. The van der Waals surface area contributed by atoms with Gasteiger partial charge >= 0.3 is 0 Å². The number of hydrogen-bond acceptors (Lipinski definition) is 4. The average Bonchev–Trinajstić information content (AvgIpc) is 2.53. The topological polar surface area (TPSA) is 83.7 Å². The fourth-order valence-electron chi connectivity index (χ4n) is 2.86. The normalized spacial score (nSPS) is 17.5. The maximum absolute atomic E-state index is 12.8. The second-order valence-electron chi connectivity index (χ2n) is 7.74. The molecule has 0 saturated carbocycles. The van der Waals surface area contributed by atoms with Crippen molar-refractivity contribution in [3.63, 3.8) is 0 Å². The van der Waals surface area contributed by atoms with E-state index >= 15 is 0 Å². The monoisotopic (exact) mass is 403 g/mol. The summed E-state index contributed by atoms with van der Waals surface area (Å²) in [4.78, 5) is 14.0. The summed E-state index contributed by atoms with van der Waals surface area (Å²) in [6.45, 7) is 9.51. The van der Waals surface area contributed by atoms with E-state index in [1.807, 2.05) is 12.1 Å². The van der Waals surface area contributed by atoms with Crippen LogP contribution in [0.4, 0.5) is 0 Å². The molecular weight excluding hydrogens is 374 g/mol. The van der Waals surface area contributed by atoms with Crippen LogP contribution >= 0.6 is 12.4 Å². The molecule has 1 aliphatic heterocycles. The number of nitrogens with two attached hydrogens (primary N) is 1. The number of amides is 1. The maximum Gasteiger partial charge on any atom is 0.243 e. The highest BCUT2D eigenvalue weighted by Crippen LogP contribution is 2.25. The van der Waals surface area contributed by atoms with Gasteiger partial charge in [0.05, 0.1) is 4.90 Å². The summed E-state index contributed by atoms with van der Waals surface area (Å²) >= 11 is 0. The largest absolute Gasteiger partial charge is 0.340 e. The van der Waals surface area contributed by atoms with E-state index < -0.39 is 10.0 Å². The van der Waals surface area contributed by atoms with Crippen LogP contribution in [-0.2, 0) is 20.2 Å². The SMILES string of the molecule is CC(N)CC(=O)N1CCN(S(=O)(=O)c2ccc(C(C)(C)C)cc2)CC1.Cl. The van der Waals surface area contributed by atoms with Crippen molar-refractivity contribution in [2.75, 3.05) is 26.2 Å². The van der Waals surface area contributed by atoms with Crippen LogP contribution in [-0.4, -0.2) is 55.8 Å². The van der Waals surface area contributed by atoms with Gasteiger partial charge in [-0.1, -0.05) is 32.9 Å². The van der Waals surface area contributed by atoms with Gasteiger partial charge in [0.1, 0.15) is 0 Å². The van der Waals surface area contributed by atoms with Gasteiger partial charge in [0, 0.05) is 38.6 Å². The third-order valence-electron chi connectivity index (χ3n) is 4.45. The van der Waals surface area contributed by atoms with E-state index in [9.17, 15) is 13.2 Å². The zero-order valence-corrected chi connectivity index (χ0v) is 17.6. The number of benzene rings is 1. The van der Waals surface area contributed by atoms with Crippen LogP contribution in [0, 0.1) is 0 Å². The number of hydrogen-bond donors (Lipinski definition) is 1. The highest BCUT2D eigenvalue weighted by atomic mass is 35.5. The van der Waals surface area contributed by atoms with Crippen LogP contribution in [0.5, 0.6) is 0 Å². The average molecular weight is 404 g/mol. The first kappa shape index (κ1) is 22.9. The minimum Gasteiger partial charge on any atom is -0.340 e. The molecule has 26 heavy (non-hydrogen) atoms. The van der Waals surface area contributed by atoms with Crippen LogP contribution in [0.3, 0.4) is 0 Å². The summed E-state index contributed by atoms with van der Waals surface area (Å²) in [5, 5.41) is 0. The number of nitrogens with zero attached hydrogens (tertiary/aromatic N) is 2. The number of rotatable bonds is 4. The Morgan fingerprint density at radius 2 is 1.62 bits per heavy atom. The number of sulfonamides is 1. The van der Waals surface area contributed by atoms with E-state index in [0.717, 1.165) is 5.56 Å². The molecule has 1 saturated heterocycles. The van der Waals surface area contributed by atoms with Crippen LogP contribution in [0.25, 0.3) is 0 Å². The molecule has 2 rings (SSSR count). The van der Waals surface area contributed by atoms with Crippen molar-refractivity contribution in [1.82, 2.24) is 9.21 Å². The molecule has 1 aromatic carbocycles. The van der Waals surface area contributed by atoms with E-state index in [0.29, 0.717) is 37.5 Å². The third kappa shape index (κ3) is 5.42. The van der Waals surface area contributed by atoms with Gasteiger partial charge in [-0.25, -0.2) is 8.42 Å². The quantitative estimate of drug-likeness (QED) is 0.833. The van der Waals surface area contributed by atoms with E-state index in [1.165, 1.54) is 4.31 Å². The smallest absolute Gasteiger partial charge is 0.243 e. The van der Waals surface area contributed by atoms with Gasteiger partial charge in [-0.15, -0.1) is 12.4 Å². The lowest BCUT2D eigenvalue weighted by Gasteiger charge is -2.34.